The molecule has 0 aromatic carbocycles. The average molecular weight is 316 g/mol. The van der Waals surface area contributed by atoms with E-state index >= 15 is 0 Å². The van der Waals surface area contributed by atoms with Crippen molar-refractivity contribution in [1.29, 1.82) is 0 Å². The molecule has 3 nitrogen and oxygen atoms in total. The van der Waals surface area contributed by atoms with Crippen molar-refractivity contribution in [1.82, 2.24) is 15.2 Å². The number of aromatic nitrogens is 1. The summed E-state index contributed by atoms with van der Waals surface area (Å²) in [5.74, 6) is 0.602. The lowest BCUT2D eigenvalue weighted by atomic mass is 10.1. The lowest BCUT2D eigenvalue weighted by Gasteiger charge is -2.14. The summed E-state index contributed by atoms with van der Waals surface area (Å²) in [6, 6.07) is 0. The van der Waals surface area contributed by atoms with Gasteiger partial charge in [0.2, 0.25) is 0 Å². The van der Waals surface area contributed by atoms with Crippen molar-refractivity contribution in [3.05, 3.63) is 16.1 Å². The van der Waals surface area contributed by atoms with Gasteiger partial charge in [-0.05, 0) is 32.5 Å². The van der Waals surface area contributed by atoms with Gasteiger partial charge in [0.05, 0.1) is 0 Å². The summed E-state index contributed by atoms with van der Waals surface area (Å²) in [7, 11) is 1.92. The van der Waals surface area contributed by atoms with Crippen LogP contribution in [0.5, 0.6) is 0 Å². The molecule has 1 aromatic heterocycles. The molecule has 110 valence electrons. The molecule has 1 aromatic rings. The normalized spacial score (nSPS) is 20.5. The summed E-state index contributed by atoms with van der Waals surface area (Å²) in [5.41, 5.74) is 0. The third-order valence-corrected chi connectivity index (χ3v) is 4.07. The van der Waals surface area contributed by atoms with E-state index in [-0.39, 0.29) is 12.4 Å². The first-order valence-electron chi connectivity index (χ1n) is 5.88. The van der Waals surface area contributed by atoms with Crippen LogP contribution in [-0.4, -0.2) is 36.6 Å². The maximum atomic E-state index is 12.4. The van der Waals surface area contributed by atoms with E-state index in [0.29, 0.717) is 17.3 Å². The molecule has 1 aliphatic rings. The minimum Gasteiger partial charge on any atom is -0.319 e. The summed E-state index contributed by atoms with van der Waals surface area (Å²) in [4.78, 5) is 6.32. The molecule has 1 fully saturated rings. The van der Waals surface area contributed by atoms with E-state index in [4.69, 9.17) is 0 Å². The van der Waals surface area contributed by atoms with Crippen LogP contribution < -0.4 is 5.32 Å². The van der Waals surface area contributed by atoms with E-state index < -0.39 is 11.2 Å². The zero-order valence-electron chi connectivity index (χ0n) is 10.5. The van der Waals surface area contributed by atoms with Gasteiger partial charge in [-0.25, -0.2) is 4.98 Å². The summed E-state index contributed by atoms with van der Waals surface area (Å²) in [6.45, 7) is 3.44. The van der Waals surface area contributed by atoms with Gasteiger partial charge >= 0.3 is 6.18 Å². The molecule has 8 heteroatoms. The molecule has 0 amide bonds. The van der Waals surface area contributed by atoms with Crippen molar-refractivity contribution in [2.75, 3.05) is 26.7 Å². The number of rotatable bonds is 4. The number of thiazole rings is 1. The fourth-order valence-corrected chi connectivity index (χ4v) is 3.07. The van der Waals surface area contributed by atoms with Crippen LogP contribution >= 0.6 is 23.7 Å². The highest BCUT2D eigenvalue weighted by atomic mass is 35.5. The van der Waals surface area contributed by atoms with E-state index in [1.54, 1.807) is 0 Å². The van der Waals surface area contributed by atoms with Crippen LogP contribution in [-0.2, 0) is 12.7 Å². The van der Waals surface area contributed by atoms with Crippen molar-refractivity contribution in [2.45, 2.75) is 19.1 Å². The Morgan fingerprint density at radius 2 is 2.26 bits per heavy atom. The summed E-state index contributed by atoms with van der Waals surface area (Å²) in [5, 5.41) is 2.39. The van der Waals surface area contributed by atoms with Crippen LogP contribution in [0, 0.1) is 5.92 Å². The van der Waals surface area contributed by atoms with Crippen LogP contribution in [0.1, 0.15) is 16.3 Å². The second-order valence-electron chi connectivity index (χ2n) is 4.58. The molecular formula is C11H17ClF3N3S. The Balaban J connectivity index is 0.00000180. The third kappa shape index (κ3) is 4.59. The SMILES string of the molecule is CNCC1CCN(Cc2cnc(C(F)(F)F)s2)C1.Cl. The first-order chi connectivity index (χ1) is 8.49. The number of alkyl halides is 3. The first-order valence-corrected chi connectivity index (χ1v) is 6.69. The Labute approximate surface area is 120 Å². The van der Waals surface area contributed by atoms with E-state index in [2.05, 4.69) is 15.2 Å². The zero-order valence-corrected chi connectivity index (χ0v) is 12.2. The van der Waals surface area contributed by atoms with Gasteiger partial charge in [0.25, 0.3) is 0 Å². The summed E-state index contributed by atoms with van der Waals surface area (Å²) in [6.07, 6.45) is -1.87. The average Bonchev–Trinajstić information content (AvgIpc) is 2.88. The molecular weight excluding hydrogens is 299 g/mol. The van der Waals surface area contributed by atoms with E-state index in [9.17, 15) is 13.2 Å². The number of nitrogens with zero attached hydrogens (tertiary/aromatic N) is 2. The fraction of sp³-hybridized carbons (Fsp3) is 0.727. The predicted molar refractivity (Wildman–Crippen MR) is 71.7 cm³/mol. The van der Waals surface area contributed by atoms with Gasteiger partial charge in [-0.2, -0.15) is 13.2 Å². The van der Waals surface area contributed by atoms with Crippen LogP contribution in [0.2, 0.25) is 0 Å². The quantitative estimate of drug-likeness (QED) is 0.926. The van der Waals surface area contributed by atoms with Crippen LogP contribution in [0.4, 0.5) is 13.2 Å². The molecule has 19 heavy (non-hydrogen) atoms. The topological polar surface area (TPSA) is 28.2 Å². The van der Waals surface area contributed by atoms with Gasteiger partial charge in [-0.15, -0.1) is 23.7 Å². The zero-order chi connectivity index (χ0) is 13.2. The van der Waals surface area contributed by atoms with Crippen molar-refractivity contribution >= 4 is 23.7 Å². The fourth-order valence-electron chi connectivity index (χ4n) is 2.24. The monoisotopic (exact) mass is 315 g/mol. The molecule has 0 saturated carbocycles. The standard InChI is InChI=1S/C11H16F3N3S.ClH/c1-15-4-8-2-3-17(6-8)7-9-5-16-10(18-9)11(12,13)14;/h5,8,15H,2-4,6-7H2,1H3;1H. The number of hydrogen-bond acceptors (Lipinski definition) is 4. The maximum Gasteiger partial charge on any atom is 0.443 e. The lowest BCUT2D eigenvalue weighted by molar-refractivity contribution is -0.137. The molecule has 1 atom stereocenters. The van der Waals surface area contributed by atoms with Gasteiger partial charge in [-0.3, -0.25) is 4.90 Å². The second-order valence-corrected chi connectivity index (χ2v) is 5.69. The van der Waals surface area contributed by atoms with Gasteiger partial charge in [-0.1, -0.05) is 0 Å². The van der Waals surface area contributed by atoms with E-state index in [1.165, 1.54) is 6.20 Å². The Bertz CT molecular complexity index is 397. The molecule has 0 aliphatic carbocycles. The Hall–Kier alpha value is -0.370. The number of nitrogens with one attached hydrogen (secondary N) is 1. The molecule has 1 N–H and O–H groups in total. The Kier molecular flexibility index (Phi) is 6.04. The number of likely N-dealkylation sites (tertiary alicyclic amines) is 1. The molecule has 0 radical (unpaired) electrons. The van der Waals surface area contributed by atoms with Gasteiger partial charge in [0.15, 0.2) is 5.01 Å². The minimum absolute atomic E-state index is 0. The molecule has 1 unspecified atom stereocenters. The van der Waals surface area contributed by atoms with E-state index in [0.717, 1.165) is 37.4 Å². The van der Waals surface area contributed by atoms with Crippen LogP contribution in [0.3, 0.4) is 0 Å². The van der Waals surface area contributed by atoms with Gasteiger partial charge in [0.1, 0.15) is 0 Å². The van der Waals surface area contributed by atoms with Gasteiger partial charge < -0.3 is 5.32 Å². The first kappa shape index (κ1) is 16.7. The summed E-state index contributed by atoms with van der Waals surface area (Å²) < 4.78 is 37.2. The lowest BCUT2D eigenvalue weighted by Crippen LogP contribution is -2.24. The van der Waals surface area contributed by atoms with Crippen molar-refractivity contribution in [3.8, 4) is 0 Å². The Morgan fingerprint density at radius 3 is 2.84 bits per heavy atom. The second kappa shape index (κ2) is 6.88. The number of hydrogen-bond donors (Lipinski definition) is 1. The molecule has 1 aliphatic heterocycles. The van der Waals surface area contributed by atoms with Crippen molar-refractivity contribution in [3.63, 3.8) is 0 Å². The molecule has 1 saturated heterocycles. The highest BCUT2D eigenvalue weighted by Gasteiger charge is 2.34. The smallest absolute Gasteiger partial charge is 0.319 e. The predicted octanol–water partition coefficient (Wildman–Crippen LogP) is 2.63. The molecule has 2 rings (SSSR count). The highest BCUT2D eigenvalue weighted by molar-refractivity contribution is 7.11. The maximum absolute atomic E-state index is 12.4. The van der Waals surface area contributed by atoms with Crippen molar-refractivity contribution < 1.29 is 13.2 Å². The van der Waals surface area contributed by atoms with Crippen LogP contribution in [0.15, 0.2) is 6.20 Å². The molecule has 0 bridgehead atoms. The Morgan fingerprint density at radius 1 is 1.53 bits per heavy atom. The highest BCUT2D eigenvalue weighted by Crippen LogP contribution is 2.33. The third-order valence-electron chi connectivity index (χ3n) is 3.04. The van der Waals surface area contributed by atoms with Crippen LogP contribution in [0.25, 0.3) is 0 Å². The number of halogens is 4. The molecule has 2 heterocycles. The molecule has 0 spiro atoms. The minimum atomic E-state index is -4.32. The van der Waals surface area contributed by atoms with E-state index in [1.807, 2.05) is 7.05 Å². The summed E-state index contributed by atoms with van der Waals surface area (Å²) >= 11 is 0.748. The van der Waals surface area contributed by atoms with Gasteiger partial charge in [0, 0.05) is 24.2 Å². The van der Waals surface area contributed by atoms with Crippen molar-refractivity contribution in [2.24, 2.45) is 5.92 Å². The largest absolute Gasteiger partial charge is 0.443 e.